The molecule has 0 heterocycles. The second-order valence-electron chi connectivity index (χ2n) is 3.33. The fourth-order valence-corrected chi connectivity index (χ4v) is 1.62. The number of carbonyl (C=O) groups is 1. The highest BCUT2D eigenvalue weighted by Gasteiger charge is 2.40. The molecule has 0 aromatic heterocycles. The van der Waals surface area contributed by atoms with E-state index in [1.54, 1.807) is 0 Å². The first-order chi connectivity index (χ1) is 8.68. The Morgan fingerprint density at radius 3 is 2.47 bits per heavy atom. The molecular weight excluding hydrogens is 291 g/mol. The number of nitrogens with zero attached hydrogens (tertiary/aromatic N) is 1. The van der Waals surface area contributed by atoms with Crippen LogP contribution in [0.3, 0.4) is 0 Å². The third-order valence-electron chi connectivity index (χ3n) is 2.06. The van der Waals surface area contributed by atoms with Crippen LogP contribution in [0.25, 0.3) is 0 Å². The van der Waals surface area contributed by atoms with Crippen molar-refractivity contribution in [2.75, 3.05) is 6.61 Å². The van der Waals surface area contributed by atoms with E-state index in [0.717, 1.165) is 6.07 Å². The van der Waals surface area contributed by atoms with Gasteiger partial charge in [-0.05, 0) is 19.1 Å². The van der Waals surface area contributed by atoms with Crippen LogP contribution in [0.5, 0.6) is 0 Å². The molecule has 0 bridgehead atoms. The molecule has 0 saturated carbocycles. The van der Waals surface area contributed by atoms with E-state index in [2.05, 4.69) is 4.74 Å². The maximum Gasteiger partial charge on any atom is 0.423 e. The Kier molecular flexibility index (Phi) is 4.35. The van der Waals surface area contributed by atoms with Crippen molar-refractivity contribution in [3.05, 3.63) is 38.4 Å². The van der Waals surface area contributed by atoms with Crippen molar-refractivity contribution >= 4 is 23.3 Å². The number of nitro groups is 1. The first-order valence-corrected chi connectivity index (χ1v) is 5.28. The zero-order valence-corrected chi connectivity index (χ0v) is 10.2. The number of rotatable bonds is 3. The minimum Gasteiger partial charge on any atom is -0.462 e. The summed E-state index contributed by atoms with van der Waals surface area (Å²) in [7, 11) is 0. The molecule has 9 heteroatoms. The number of esters is 1. The molecule has 0 aliphatic heterocycles. The molecule has 0 atom stereocenters. The standard InChI is InChI=1S/C10H7ClF3NO4/c1-2-19-9(16)5-3-6(10(12,13)14)8(15(17)18)7(11)4-5/h3-4H,2H2,1H3. The van der Waals surface area contributed by atoms with Crippen molar-refractivity contribution in [1.82, 2.24) is 0 Å². The molecule has 1 rings (SSSR count). The SMILES string of the molecule is CCOC(=O)c1cc(Cl)c([N+](=O)[O-])c(C(F)(F)F)c1. The van der Waals surface area contributed by atoms with Gasteiger partial charge in [-0.25, -0.2) is 4.79 Å². The van der Waals surface area contributed by atoms with Crippen molar-refractivity contribution in [1.29, 1.82) is 0 Å². The van der Waals surface area contributed by atoms with Gasteiger partial charge in [-0.2, -0.15) is 13.2 Å². The fraction of sp³-hybridized carbons (Fsp3) is 0.300. The molecule has 0 unspecified atom stereocenters. The number of benzene rings is 1. The van der Waals surface area contributed by atoms with Crippen molar-refractivity contribution in [3.63, 3.8) is 0 Å². The molecule has 104 valence electrons. The lowest BCUT2D eigenvalue weighted by molar-refractivity contribution is -0.387. The third kappa shape index (κ3) is 3.34. The number of hydrogen-bond acceptors (Lipinski definition) is 4. The molecule has 0 amide bonds. The Morgan fingerprint density at radius 1 is 1.47 bits per heavy atom. The molecular formula is C10H7ClF3NO4. The van der Waals surface area contributed by atoms with Crippen LogP contribution in [-0.2, 0) is 10.9 Å². The van der Waals surface area contributed by atoms with Crippen LogP contribution in [0.4, 0.5) is 18.9 Å². The van der Waals surface area contributed by atoms with Crippen molar-refractivity contribution in [2.24, 2.45) is 0 Å². The Labute approximate surface area is 110 Å². The molecule has 19 heavy (non-hydrogen) atoms. The quantitative estimate of drug-likeness (QED) is 0.487. The van der Waals surface area contributed by atoms with Crippen LogP contribution in [-0.4, -0.2) is 17.5 Å². The van der Waals surface area contributed by atoms with Crippen molar-refractivity contribution in [2.45, 2.75) is 13.1 Å². The fourth-order valence-electron chi connectivity index (χ4n) is 1.33. The van der Waals surface area contributed by atoms with Gasteiger partial charge >= 0.3 is 12.1 Å². The normalized spacial score (nSPS) is 11.2. The summed E-state index contributed by atoms with van der Waals surface area (Å²) < 4.78 is 42.6. The highest BCUT2D eigenvalue weighted by molar-refractivity contribution is 6.33. The summed E-state index contributed by atoms with van der Waals surface area (Å²) in [6, 6.07) is 1.12. The van der Waals surface area contributed by atoms with Gasteiger partial charge < -0.3 is 4.74 Å². The lowest BCUT2D eigenvalue weighted by atomic mass is 10.1. The highest BCUT2D eigenvalue weighted by atomic mass is 35.5. The zero-order valence-electron chi connectivity index (χ0n) is 9.45. The summed E-state index contributed by atoms with van der Waals surface area (Å²) in [6.07, 6.45) is -5.01. The smallest absolute Gasteiger partial charge is 0.423 e. The molecule has 0 N–H and O–H groups in total. The number of halogens is 4. The summed E-state index contributed by atoms with van der Waals surface area (Å²) in [5, 5.41) is 9.83. The van der Waals surface area contributed by atoms with Gasteiger partial charge in [0.25, 0.3) is 5.69 Å². The Bertz CT molecular complexity index is 530. The van der Waals surface area contributed by atoms with E-state index in [1.807, 2.05) is 0 Å². The van der Waals surface area contributed by atoms with E-state index >= 15 is 0 Å². The summed E-state index contributed by atoms with van der Waals surface area (Å²) >= 11 is 5.43. The van der Waals surface area contributed by atoms with Gasteiger partial charge in [0.1, 0.15) is 10.6 Å². The van der Waals surface area contributed by atoms with Crippen LogP contribution >= 0.6 is 11.6 Å². The summed E-state index contributed by atoms with van der Waals surface area (Å²) in [6.45, 7) is 1.42. The van der Waals surface area contributed by atoms with Crippen LogP contribution < -0.4 is 0 Å². The monoisotopic (exact) mass is 297 g/mol. The Hall–Kier alpha value is -1.83. The topological polar surface area (TPSA) is 69.4 Å². The Balaban J connectivity index is 3.48. The predicted octanol–water partition coefficient (Wildman–Crippen LogP) is 3.44. The molecule has 0 fully saturated rings. The van der Waals surface area contributed by atoms with Gasteiger partial charge in [0.15, 0.2) is 0 Å². The number of hydrogen-bond donors (Lipinski definition) is 0. The van der Waals surface area contributed by atoms with Gasteiger partial charge in [0, 0.05) is 0 Å². The van der Waals surface area contributed by atoms with E-state index in [9.17, 15) is 28.1 Å². The molecule has 5 nitrogen and oxygen atoms in total. The molecule has 1 aromatic rings. The van der Waals surface area contributed by atoms with E-state index in [0.29, 0.717) is 6.07 Å². The van der Waals surface area contributed by atoms with E-state index in [4.69, 9.17) is 11.6 Å². The number of nitro benzene ring substituents is 1. The predicted molar refractivity (Wildman–Crippen MR) is 59.1 cm³/mol. The zero-order chi connectivity index (χ0) is 14.8. The largest absolute Gasteiger partial charge is 0.462 e. The lowest BCUT2D eigenvalue weighted by Gasteiger charge is -2.10. The molecule has 0 aliphatic carbocycles. The second-order valence-corrected chi connectivity index (χ2v) is 3.74. The minimum absolute atomic E-state index is 0.0468. The third-order valence-corrected chi connectivity index (χ3v) is 2.35. The minimum atomic E-state index is -5.01. The lowest BCUT2D eigenvalue weighted by Crippen LogP contribution is -2.13. The van der Waals surface area contributed by atoms with Gasteiger partial charge in [-0.15, -0.1) is 0 Å². The van der Waals surface area contributed by atoms with Gasteiger partial charge in [0.2, 0.25) is 0 Å². The average molecular weight is 298 g/mol. The number of carbonyl (C=O) groups excluding carboxylic acids is 1. The van der Waals surface area contributed by atoms with Gasteiger partial charge in [-0.1, -0.05) is 11.6 Å². The Morgan fingerprint density at radius 2 is 2.05 bits per heavy atom. The highest BCUT2D eigenvalue weighted by Crippen LogP contribution is 2.40. The van der Waals surface area contributed by atoms with E-state index in [1.165, 1.54) is 6.92 Å². The van der Waals surface area contributed by atoms with Crippen LogP contribution in [0.1, 0.15) is 22.8 Å². The molecule has 0 radical (unpaired) electrons. The second kappa shape index (κ2) is 5.43. The molecule has 0 aliphatic rings. The summed E-state index contributed by atoms with van der Waals surface area (Å²) in [5.41, 5.74) is -3.37. The van der Waals surface area contributed by atoms with Gasteiger partial charge in [-0.3, -0.25) is 10.1 Å². The molecule has 0 saturated heterocycles. The molecule has 0 spiro atoms. The number of ether oxygens (including phenoxy) is 1. The van der Waals surface area contributed by atoms with Crippen molar-refractivity contribution < 1.29 is 27.6 Å². The molecule has 1 aromatic carbocycles. The summed E-state index contributed by atoms with van der Waals surface area (Å²) in [5.74, 6) is -1.04. The first kappa shape index (κ1) is 15.2. The van der Waals surface area contributed by atoms with Crippen LogP contribution in [0.2, 0.25) is 5.02 Å². The average Bonchev–Trinajstić information content (AvgIpc) is 2.26. The maximum atomic E-state index is 12.7. The van der Waals surface area contributed by atoms with Crippen molar-refractivity contribution in [3.8, 4) is 0 Å². The first-order valence-electron chi connectivity index (χ1n) is 4.90. The van der Waals surface area contributed by atoms with E-state index < -0.39 is 38.9 Å². The van der Waals surface area contributed by atoms with Crippen LogP contribution in [0.15, 0.2) is 12.1 Å². The van der Waals surface area contributed by atoms with E-state index in [-0.39, 0.29) is 6.61 Å². The van der Waals surface area contributed by atoms with Gasteiger partial charge in [0.05, 0.1) is 17.1 Å². The summed E-state index contributed by atoms with van der Waals surface area (Å²) in [4.78, 5) is 20.7. The van der Waals surface area contributed by atoms with Crippen LogP contribution in [0, 0.1) is 10.1 Å². The maximum absolute atomic E-state index is 12.7. The number of alkyl halides is 3.